The SMILES string of the molecule is CCOC(C)n1ccnc1C(O)(c1ccccc1)c1ccccc1. The first-order valence-electron chi connectivity index (χ1n) is 8.16. The molecule has 0 radical (unpaired) electrons. The average Bonchev–Trinajstić information content (AvgIpc) is 3.13. The third-order valence-corrected chi connectivity index (χ3v) is 4.17. The van der Waals surface area contributed by atoms with Crippen LogP contribution < -0.4 is 0 Å². The molecule has 1 aromatic heterocycles. The summed E-state index contributed by atoms with van der Waals surface area (Å²) < 4.78 is 7.58. The Bertz CT molecular complexity index is 729. The third kappa shape index (κ3) is 2.86. The van der Waals surface area contributed by atoms with E-state index in [9.17, 15) is 5.11 Å². The van der Waals surface area contributed by atoms with E-state index < -0.39 is 5.60 Å². The lowest BCUT2D eigenvalue weighted by Crippen LogP contribution is -2.33. The predicted molar refractivity (Wildman–Crippen MR) is 93.5 cm³/mol. The quantitative estimate of drug-likeness (QED) is 0.752. The van der Waals surface area contributed by atoms with Gasteiger partial charge >= 0.3 is 0 Å². The number of hydrogen-bond donors (Lipinski definition) is 1. The molecule has 0 aliphatic rings. The van der Waals surface area contributed by atoms with Gasteiger partial charge in [-0.3, -0.25) is 0 Å². The summed E-state index contributed by atoms with van der Waals surface area (Å²) in [5.74, 6) is 0.542. The van der Waals surface area contributed by atoms with E-state index in [4.69, 9.17) is 4.74 Å². The molecule has 0 spiro atoms. The fourth-order valence-corrected chi connectivity index (χ4v) is 2.99. The number of aliphatic hydroxyl groups is 1. The minimum Gasteiger partial charge on any atom is -0.373 e. The van der Waals surface area contributed by atoms with Gasteiger partial charge in [-0.15, -0.1) is 0 Å². The number of ether oxygens (including phenoxy) is 1. The number of aromatic nitrogens is 2. The number of imidazole rings is 1. The van der Waals surface area contributed by atoms with Crippen molar-refractivity contribution in [1.29, 1.82) is 0 Å². The van der Waals surface area contributed by atoms with Gasteiger partial charge in [0.1, 0.15) is 6.23 Å². The standard InChI is InChI=1S/C20H22N2O2/c1-3-24-16(2)22-15-14-21-19(22)20(23,17-10-6-4-7-11-17)18-12-8-5-9-13-18/h4-16,23H,3H2,1-2H3. The largest absolute Gasteiger partial charge is 0.373 e. The highest BCUT2D eigenvalue weighted by Gasteiger charge is 2.38. The molecule has 0 aliphatic carbocycles. The van der Waals surface area contributed by atoms with Crippen LogP contribution in [-0.2, 0) is 10.3 Å². The van der Waals surface area contributed by atoms with Gasteiger partial charge in [0.15, 0.2) is 11.4 Å². The van der Waals surface area contributed by atoms with Crippen molar-refractivity contribution in [3.05, 3.63) is 90.0 Å². The summed E-state index contributed by atoms with van der Waals surface area (Å²) in [6, 6.07) is 19.2. The molecule has 0 aliphatic heterocycles. The Morgan fingerprint density at radius 2 is 1.58 bits per heavy atom. The molecule has 3 rings (SSSR count). The minimum absolute atomic E-state index is 0.216. The van der Waals surface area contributed by atoms with E-state index >= 15 is 0 Å². The highest BCUT2D eigenvalue weighted by molar-refractivity contribution is 5.42. The first-order valence-corrected chi connectivity index (χ1v) is 8.16. The third-order valence-electron chi connectivity index (χ3n) is 4.17. The summed E-state index contributed by atoms with van der Waals surface area (Å²) in [5.41, 5.74) is 0.192. The number of rotatable bonds is 6. The van der Waals surface area contributed by atoms with Gasteiger partial charge in [-0.05, 0) is 25.0 Å². The zero-order chi connectivity index (χ0) is 17.0. The molecule has 0 amide bonds. The van der Waals surface area contributed by atoms with Crippen molar-refractivity contribution in [2.45, 2.75) is 25.7 Å². The van der Waals surface area contributed by atoms with Gasteiger partial charge in [0, 0.05) is 19.0 Å². The summed E-state index contributed by atoms with van der Waals surface area (Å²) in [7, 11) is 0. The smallest absolute Gasteiger partial charge is 0.173 e. The summed E-state index contributed by atoms with van der Waals surface area (Å²) in [4.78, 5) is 4.48. The maximum atomic E-state index is 11.8. The van der Waals surface area contributed by atoms with Crippen LogP contribution in [0.2, 0.25) is 0 Å². The molecular formula is C20H22N2O2. The lowest BCUT2D eigenvalue weighted by atomic mass is 9.85. The molecule has 4 nitrogen and oxygen atoms in total. The lowest BCUT2D eigenvalue weighted by Gasteiger charge is -2.31. The van der Waals surface area contributed by atoms with E-state index in [0.29, 0.717) is 12.4 Å². The monoisotopic (exact) mass is 322 g/mol. The Hall–Kier alpha value is -2.43. The molecule has 1 unspecified atom stereocenters. The van der Waals surface area contributed by atoms with Gasteiger partial charge in [-0.25, -0.2) is 4.98 Å². The Morgan fingerprint density at radius 1 is 1.04 bits per heavy atom. The van der Waals surface area contributed by atoms with Crippen molar-refractivity contribution >= 4 is 0 Å². The molecule has 2 aromatic carbocycles. The lowest BCUT2D eigenvalue weighted by molar-refractivity contribution is 0.0120. The molecule has 0 fully saturated rings. The van der Waals surface area contributed by atoms with Crippen molar-refractivity contribution in [2.24, 2.45) is 0 Å². The van der Waals surface area contributed by atoms with E-state index in [1.165, 1.54) is 0 Å². The van der Waals surface area contributed by atoms with Gasteiger partial charge in [0.25, 0.3) is 0 Å². The van der Waals surface area contributed by atoms with Crippen LogP contribution in [0.5, 0.6) is 0 Å². The van der Waals surface area contributed by atoms with Crippen molar-refractivity contribution in [3.63, 3.8) is 0 Å². The van der Waals surface area contributed by atoms with E-state index in [-0.39, 0.29) is 6.23 Å². The molecule has 1 atom stereocenters. The minimum atomic E-state index is -1.35. The van der Waals surface area contributed by atoms with E-state index in [1.54, 1.807) is 6.20 Å². The zero-order valence-corrected chi connectivity index (χ0v) is 14.0. The highest BCUT2D eigenvalue weighted by Crippen LogP contribution is 2.36. The molecule has 0 bridgehead atoms. The van der Waals surface area contributed by atoms with Crippen molar-refractivity contribution in [3.8, 4) is 0 Å². The average molecular weight is 322 g/mol. The van der Waals surface area contributed by atoms with Gasteiger partial charge < -0.3 is 14.4 Å². The topological polar surface area (TPSA) is 47.3 Å². The molecular weight excluding hydrogens is 300 g/mol. The van der Waals surface area contributed by atoms with Crippen LogP contribution in [-0.4, -0.2) is 21.3 Å². The number of hydrogen-bond acceptors (Lipinski definition) is 3. The fraction of sp³-hybridized carbons (Fsp3) is 0.250. The number of nitrogens with zero attached hydrogens (tertiary/aromatic N) is 2. The number of benzene rings is 2. The second-order valence-electron chi connectivity index (χ2n) is 5.66. The van der Waals surface area contributed by atoms with Gasteiger partial charge in [-0.2, -0.15) is 0 Å². The van der Waals surface area contributed by atoms with Gasteiger partial charge in [0.2, 0.25) is 0 Å². The molecule has 124 valence electrons. The summed E-state index contributed by atoms with van der Waals surface area (Å²) >= 11 is 0. The predicted octanol–water partition coefficient (Wildman–Crippen LogP) is 3.72. The summed E-state index contributed by atoms with van der Waals surface area (Å²) in [6.45, 7) is 4.49. The van der Waals surface area contributed by atoms with Crippen LogP contribution in [0.25, 0.3) is 0 Å². The molecule has 3 aromatic rings. The van der Waals surface area contributed by atoms with Gasteiger partial charge in [0.05, 0.1) is 0 Å². The van der Waals surface area contributed by atoms with Crippen LogP contribution in [0.4, 0.5) is 0 Å². The maximum Gasteiger partial charge on any atom is 0.173 e. The zero-order valence-electron chi connectivity index (χ0n) is 14.0. The second-order valence-corrected chi connectivity index (χ2v) is 5.66. The van der Waals surface area contributed by atoms with E-state index in [2.05, 4.69) is 4.98 Å². The normalized spacial score (nSPS) is 13.0. The fourth-order valence-electron chi connectivity index (χ4n) is 2.99. The van der Waals surface area contributed by atoms with Crippen molar-refractivity contribution < 1.29 is 9.84 Å². The molecule has 24 heavy (non-hydrogen) atoms. The van der Waals surface area contributed by atoms with Crippen LogP contribution >= 0.6 is 0 Å². The first kappa shape index (κ1) is 16.4. The van der Waals surface area contributed by atoms with Crippen molar-refractivity contribution in [2.75, 3.05) is 6.61 Å². The van der Waals surface area contributed by atoms with Crippen LogP contribution in [0.1, 0.15) is 37.0 Å². The van der Waals surface area contributed by atoms with Crippen LogP contribution in [0.15, 0.2) is 73.1 Å². The first-order chi connectivity index (χ1) is 11.7. The molecule has 0 saturated heterocycles. The Labute approximate surface area is 142 Å². The summed E-state index contributed by atoms with van der Waals surface area (Å²) in [6.07, 6.45) is 3.32. The second kappa shape index (κ2) is 6.99. The van der Waals surface area contributed by atoms with E-state index in [1.807, 2.05) is 85.3 Å². The van der Waals surface area contributed by atoms with Crippen molar-refractivity contribution in [1.82, 2.24) is 9.55 Å². The Balaban J connectivity index is 2.19. The van der Waals surface area contributed by atoms with E-state index in [0.717, 1.165) is 11.1 Å². The molecule has 4 heteroatoms. The maximum absolute atomic E-state index is 11.8. The Morgan fingerprint density at radius 3 is 2.08 bits per heavy atom. The Kier molecular flexibility index (Phi) is 4.79. The highest BCUT2D eigenvalue weighted by atomic mass is 16.5. The molecule has 0 saturated carbocycles. The van der Waals surface area contributed by atoms with Crippen LogP contribution in [0.3, 0.4) is 0 Å². The molecule has 1 N–H and O–H groups in total. The van der Waals surface area contributed by atoms with Crippen LogP contribution in [0, 0.1) is 0 Å². The molecule has 1 heterocycles. The van der Waals surface area contributed by atoms with Gasteiger partial charge in [-0.1, -0.05) is 60.7 Å². The summed E-state index contributed by atoms with van der Waals surface area (Å²) in [5, 5.41) is 11.8.